The Morgan fingerprint density at radius 1 is 0.492 bits per heavy atom. The van der Waals surface area contributed by atoms with E-state index < -0.39 is 0 Å². The van der Waals surface area contributed by atoms with Crippen LogP contribution in [0, 0.1) is 0 Å². The van der Waals surface area contributed by atoms with Gasteiger partial charge in [0.05, 0.1) is 13.1 Å². The summed E-state index contributed by atoms with van der Waals surface area (Å²) in [6.45, 7) is 12.1. The molecule has 0 saturated heterocycles. The number of hydrogen-bond acceptors (Lipinski definition) is 7. The minimum atomic E-state index is -0.0959. The number of carbonyl (C=O) groups excluding carboxylic acids is 2. The zero-order valence-electron chi connectivity index (χ0n) is 39.5. The zero-order valence-corrected chi connectivity index (χ0v) is 39.5. The molecule has 348 valence electrons. The highest BCUT2D eigenvalue weighted by Gasteiger charge is 2.14. The number of unbranched alkanes of at least 4 members (excludes halogenated alkanes) is 30. The lowest BCUT2D eigenvalue weighted by Crippen LogP contribution is -2.43. The molecule has 0 bridgehead atoms. The topological polar surface area (TPSA) is 110 Å². The average Bonchev–Trinajstić information content (AvgIpc) is 3.25. The van der Waals surface area contributed by atoms with E-state index in [1.165, 1.54) is 193 Å². The predicted octanol–water partition coefficient (Wildman–Crippen LogP) is 11.4. The van der Waals surface area contributed by atoms with Gasteiger partial charge >= 0.3 is 0 Å². The lowest BCUT2D eigenvalue weighted by Gasteiger charge is -2.23. The van der Waals surface area contributed by atoms with Crippen molar-refractivity contribution in [3.05, 3.63) is 0 Å². The molecule has 0 spiro atoms. The number of amides is 2. The SMILES string of the molecule is CCCCCCCCCCCCCCCCCCN(CCCCCCCCCCCCCCCCCC)C(=O)CNC(=O)CNCCCNCCCNC1=NCCCN1. The van der Waals surface area contributed by atoms with E-state index in [2.05, 4.69) is 45.4 Å². The molecule has 0 unspecified atom stereocenters. The molecule has 59 heavy (non-hydrogen) atoms. The van der Waals surface area contributed by atoms with Crippen molar-refractivity contribution >= 4 is 17.8 Å². The molecule has 1 aliphatic rings. The fraction of sp³-hybridized carbons (Fsp3) is 0.940. The van der Waals surface area contributed by atoms with Gasteiger partial charge in [-0.25, -0.2) is 0 Å². The Bertz CT molecular complexity index is 897. The fourth-order valence-corrected chi connectivity index (χ4v) is 8.15. The molecule has 1 heterocycles. The first kappa shape index (κ1) is 55.1. The van der Waals surface area contributed by atoms with Gasteiger partial charge in [-0.3, -0.25) is 14.6 Å². The van der Waals surface area contributed by atoms with E-state index in [4.69, 9.17) is 0 Å². The zero-order chi connectivity index (χ0) is 42.4. The number of carbonyl (C=O) groups is 2. The van der Waals surface area contributed by atoms with Gasteiger partial charge in [0.25, 0.3) is 0 Å². The van der Waals surface area contributed by atoms with Crippen LogP contribution in [0.2, 0.25) is 0 Å². The molecule has 0 aromatic carbocycles. The van der Waals surface area contributed by atoms with E-state index in [0.717, 1.165) is 90.4 Å². The second-order valence-corrected chi connectivity index (χ2v) is 17.8. The maximum absolute atomic E-state index is 13.3. The minimum absolute atomic E-state index is 0.0744. The lowest BCUT2D eigenvalue weighted by atomic mass is 10.0. The molecular formula is C50H101N7O2. The number of guanidine groups is 1. The van der Waals surface area contributed by atoms with E-state index in [1.807, 2.05) is 4.90 Å². The summed E-state index contributed by atoms with van der Waals surface area (Å²) in [5.41, 5.74) is 0. The van der Waals surface area contributed by atoms with Gasteiger partial charge in [-0.05, 0) is 51.7 Å². The number of aliphatic imine (C=N–C) groups is 1. The van der Waals surface area contributed by atoms with Crippen LogP contribution in [0.5, 0.6) is 0 Å². The Morgan fingerprint density at radius 2 is 0.881 bits per heavy atom. The van der Waals surface area contributed by atoms with Crippen molar-refractivity contribution in [2.75, 3.05) is 65.4 Å². The standard InChI is InChI=1S/C50H101N7O2/c1-3-5-7-9-11-13-15-17-19-21-23-25-27-29-31-33-44-57(45-34-32-30-28-26-24-22-20-18-16-14-12-10-8-6-4-2)49(59)47-56-48(58)46-52-40-35-38-51-39-36-41-53-50-54-42-37-43-55-50/h51-52H,3-47H2,1-2H3,(H,56,58)(H2,53,54,55). The predicted molar refractivity (Wildman–Crippen MR) is 257 cm³/mol. The largest absolute Gasteiger partial charge is 0.356 e. The summed E-state index contributed by atoms with van der Waals surface area (Å²) in [7, 11) is 0. The summed E-state index contributed by atoms with van der Waals surface area (Å²) in [6.07, 6.45) is 46.4. The third kappa shape index (κ3) is 40.0. The molecule has 2 amide bonds. The van der Waals surface area contributed by atoms with Gasteiger partial charge in [-0.2, -0.15) is 0 Å². The van der Waals surface area contributed by atoms with Gasteiger partial charge in [-0.15, -0.1) is 0 Å². The summed E-state index contributed by atoms with van der Waals surface area (Å²) < 4.78 is 0. The molecule has 9 heteroatoms. The van der Waals surface area contributed by atoms with Crippen molar-refractivity contribution in [3.63, 3.8) is 0 Å². The average molecular weight is 832 g/mol. The van der Waals surface area contributed by atoms with Gasteiger partial charge in [-0.1, -0.05) is 206 Å². The first-order valence-electron chi connectivity index (χ1n) is 26.2. The van der Waals surface area contributed by atoms with Crippen molar-refractivity contribution in [3.8, 4) is 0 Å². The van der Waals surface area contributed by atoms with Crippen LogP contribution in [0.3, 0.4) is 0 Å². The molecule has 0 saturated carbocycles. The second-order valence-electron chi connectivity index (χ2n) is 17.8. The van der Waals surface area contributed by atoms with Crippen LogP contribution in [0.25, 0.3) is 0 Å². The molecule has 0 aromatic heterocycles. The first-order valence-corrected chi connectivity index (χ1v) is 26.2. The molecule has 0 radical (unpaired) electrons. The minimum Gasteiger partial charge on any atom is -0.356 e. The molecule has 9 nitrogen and oxygen atoms in total. The number of nitrogens with zero attached hydrogens (tertiary/aromatic N) is 2. The molecule has 0 atom stereocenters. The Labute approximate surface area is 366 Å². The lowest BCUT2D eigenvalue weighted by molar-refractivity contribution is -0.132. The van der Waals surface area contributed by atoms with Gasteiger partial charge in [0.2, 0.25) is 11.8 Å². The van der Waals surface area contributed by atoms with Crippen molar-refractivity contribution in [2.24, 2.45) is 4.99 Å². The third-order valence-electron chi connectivity index (χ3n) is 12.1. The van der Waals surface area contributed by atoms with Crippen LogP contribution in [-0.2, 0) is 9.59 Å². The van der Waals surface area contributed by atoms with Crippen LogP contribution in [0.4, 0.5) is 0 Å². The van der Waals surface area contributed by atoms with Crippen molar-refractivity contribution in [1.82, 2.24) is 31.5 Å². The van der Waals surface area contributed by atoms with Crippen molar-refractivity contribution < 1.29 is 9.59 Å². The molecule has 5 N–H and O–H groups in total. The second kappa shape index (κ2) is 45.7. The Morgan fingerprint density at radius 3 is 1.29 bits per heavy atom. The highest BCUT2D eigenvalue weighted by molar-refractivity contribution is 5.85. The molecular weight excluding hydrogens is 731 g/mol. The van der Waals surface area contributed by atoms with E-state index in [9.17, 15) is 9.59 Å². The highest BCUT2D eigenvalue weighted by Crippen LogP contribution is 2.16. The van der Waals surface area contributed by atoms with E-state index >= 15 is 0 Å². The van der Waals surface area contributed by atoms with E-state index in [-0.39, 0.29) is 24.9 Å². The van der Waals surface area contributed by atoms with Gasteiger partial charge < -0.3 is 31.5 Å². The molecule has 0 aliphatic carbocycles. The summed E-state index contributed by atoms with van der Waals surface area (Å²) in [5.74, 6) is 0.908. The Balaban J connectivity index is 2.18. The number of nitrogens with one attached hydrogen (secondary N) is 5. The van der Waals surface area contributed by atoms with Crippen LogP contribution >= 0.6 is 0 Å². The molecule has 1 aliphatic heterocycles. The van der Waals surface area contributed by atoms with E-state index in [0.29, 0.717) is 0 Å². The highest BCUT2D eigenvalue weighted by atomic mass is 16.2. The first-order chi connectivity index (χ1) is 29.2. The molecule has 1 rings (SSSR count). The normalized spacial score (nSPS) is 12.7. The Hall–Kier alpha value is -1.87. The van der Waals surface area contributed by atoms with Crippen molar-refractivity contribution in [2.45, 2.75) is 239 Å². The van der Waals surface area contributed by atoms with E-state index in [1.54, 1.807) is 0 Å². The maximum atomic E-state index is 13.3. The smallest absolute Gasteiger partial charge is 0.241 e. The monoisotopic (exact) mass is 832 g/mol. The van der Waals surface area contributed by atoms with Gasteiger partial charge in [0, 0.05) is 32.7 Å². The van der Waals surface area contributed by atoms with Crippen LogP contribution < -0.4 is 26.6 Å². The van der Waals surface area contributed by atoms with Crippen LogP contribution in [0.1, 0.15) is 239 Å². The molecule has 0 fully saturated rings. The summed E-state index contributed by atoms with van der Waals surface area (Å²) in [6, 6.07) is 0. The van der Waals surface area contributed by atoms with Crippen molar-refractivity contribution in [1.29, 1.82) is 0 Å². The summed E-state index contributed by atoms with van der Waals surface area (Å²) in [5, 5.41) is 16.2. The quantitative estimate of drug-likeness (QED) is 0.0391. The van der Waals surface area contributed by atoms with Crippen LogP contribution in [0.15, 0.2) is 4.99 Å². The summed E-state index contributed by atoms with van der Waals surface area (Å²) >= 11 is 0. The summed E-state index contributed by atoms with van der Waals surface area (Å²) in [4.78, 5) is 32.3. The number of hydrogen-bond donors (Lipinski definition) is 5. The fourth-order valence-electron chi connectivity index (χ4n) is 8.15. The van der Waals surface area contributed by atoms with Gasteiger partial charge in [0.15, 0.2) is 5.96 Å². The molecule has 0 aromatic rings. The third-order valence-corrected chi connectivity index (χ3v) is 12.1. The van der Waals surface area contributed by atoms with Crippen LogP contribution in [-0.4, -0.2) is 88.1 Å². The van der Waals surface area contributed by atoms with Gasteiger partial charge in [0.1, 0.15) is 0 Å². The maximum Gasteiger partial charge on any atom is 0.241 e. The Kier molecular flexibility index (Phi) is 42.7. The number of rotatable bonds is 46.